The van der Waals surface area contributed by atoms with Crippen molar-refractivity contribution in [3.8, 4) is 5.75 Å². The number of ether oxygens (including phenoxy) is 1. The number of hydrogen-bond acceptors (Lipinski definition) is 1. The third kappa shape index (κ3) is 2.70. The Balaban J connectivity index is 2.55. The summed E-state index contributed by atoms with van der Waals surface area (Å²) < 4.78 is 5.42. The van der Waals surface area contributed by atoms with Gasteiger partial charge in [-0.1, -0.05) is 58.4 Å². The quantitative estimate of drug-likeness (QED) is 0.745. The average Bonchev–Trinajstić information content (AvgIpc) is 2.39. The molecule has 2 heteroatoms. The van der Waals surface area contributed by atoms with E-state index in [1.165, 1.54) is 10.8 Å². The number of rotatable bonds is 4. The van der Waals surface area contributed by atoms with Crippen molar-refractivity contribution in [2.75, 3.05) is 12.4 Å². The monoisotopic (exact) mass is 290 g/mol. The van der Waals surface area contributed by atoms with E-state index < -0.39 is 0 Å². The largest absolute Gasteiger partial charge is 0.496 e. The Bertz CT molecular complexity index is 531. The van der Waals surface area contributed by atoms with Gasteiger partial charge in [-0.3, -0.25) is 0 Å². The van der Waals surface area contributed by atoms with Crippen LogP contribution in [0, 0.1) is 0 Å². The molecule has 0 spiro atoms. The fraction of sp³-hybridized carbons (Fsp3) is 0.200. The molecule has 2 rings (SSSR count). The molecule has 0 aliphatic heterocycles. The molecule has 1 nitrogen and oxygen atoms in total. The van der Waals surface area contributed by atoms with Gasteiger partial charge in [0.2, 0.25) is 0 Å². The molecule has 88 valence electrons. The minimum Gasteiger partial charge on any atom is -0.496 e. The maximum atomic E-state index is 5.42. The van der Waals surface area contributed by atoms with Gasteiger partial charge in [0.1, 0.15) is 5.75 Å². The van der Waals surface area contributed by atoms with Gasteiger partial charge in [-0.2, -0.15) is 0 Å². The zero-order chi connectivity index (χ0) is 12.1. The molecule has 0 fully saturated rings. The molecule has 0 aromatic heterocycles. The number of hydrogen-bond donors (Lipinski definition) is 0. The van der Waals surface area contributed by atoms with Crippen LogP contribution in [0.3, 0.4) is 0 Å². The van der Waals surface area contributed by atoms with Crippen molar-refractivity contribution in [2.45, 2.75) is 6.42 Å². The molecule has 0 aliphatic rings. The van der Waals surface area contributed by atoms with E-state index in [1.807, 2.05) is 6.07 Å². The van der Waals surface area contributed by atoms with E-state index in [2.05, 4.69) is 58.4 Å². The second-order valence-electron chi connectivity index (χ2n) is 3.78. The molecule has 0 atom stereocenters. The Morgan fingerprint density at radius 1 is 1.18 bits per heavy atom. The zero-order valence-electron chi connectivity index (χ0n) is 9.82. The maximum Gasteiger partial charge on any atom is 0.126 e. The molecule has 0 bridgehead atoms. The summed E-state index contributed by atoms with van der Waals surface area (Å²) in [7, 11) is 1.71. The molecule has 0 radical (unpaired) electrons. The van der Waals surface area contributed by atoms with Crippen molar-refractivity contribution >= 4 is 32.8 Å². The number of halogens is 1. The zero-order valence-corrected chi connectivity index (χ0v) is 11.4. The second-order valence-corrected chi connectivity index (χ2v) is 4.58. The molecule has 0 aliphatic carbocycles. The first-order valence-corrected chi connectivity index (χ1v) is 6.77. The van der Waals surface area contributed by atoms with E-state index in [0.717, 1.165) is 23.1 Å². The van der Waals surface area contributed by atoms with E-state index in [0.29, 0.717) is 0 Å². The molecule has 0 saturated carbocycles. The van der Waals surface area contributed by atoms with E-state index in [-0.39, 0.29) is 0 Å². The summed E-state index contributed by atoms with van der Waals surface area (Å²) in [5.41, 5.74) is 1.16. The first kappa shape index (κ1) is 12.2. The van der Waals surface area contributed by atoms with Crippen LogP contribution in [0.1, 0.15) is 12.0 Å². The highest BCUT2D eigenvalue weighted by molar-refractivity contribution is 9.09. The van der Waals surface area contributed by atoms with E-state index in [9.17, 15) is 0 Å². The Morgan fingerprint density at radius 3 is 2.76 bits per heavy atom. The van der Waals surface area contributed by atoms with Gasteiger partial charge >= 0.3 is 0 Å². The smallest absolute Gasteiger partial charge is 0.126 e. The third-order valence-electron chi connectivity index (χ3n) is 2.71. The standard InChI is InChI=1S/C15H15BrO/c1-17-15-10-9-12-6-2-3-7-13(12)14(15)8-4-5-11-16/h2-4,6-10H,5,11H2,1H3. The third-order valence-corrected chi connectivity index (χ3v) is 3.17. The highest BCUT2D eigenvalue weighted by Gasteiger charge is 2.04. The van der Waals surface area contributed by atoms with Crippen LogP contribution in [-0.2, 0) is 0 Å². The molecule has 2 aromatic carbocycles. The van der Waals surface area contributed by atoms with Gasteiger partial charge in [0.25, 0.3) is 0 Å². The number of benzene rings is 2. The number of allylic oxidation sites excluding steroid dienone is 1. The second kappa shape index (κ2) is 5.87. The summed E-state index contributed by atoms with van der Waals surface area (Å²) in [6, 6.07) is 12.5. The Labute approximate surface area is 110 Å². The van der Waals surface area contributed by atoms with Crippen molar-refractivity contribution in [1.82, 2.24) is 0 Å². The first-order valence-electron chi connectivity index (χ1n) is 5.65. The highest BCUT2D eigenvalue weighted by atomic mass is 79.9. The summed E-state index contributed by atoms with van der Waals surface area (Å²) in [6.07, 6.45) is 5.33. The minimum atomic E-state index is 0.925. The van der Waals surface area contributed by atoms with Crippen molar-refractivity contribution in [2.24, 2.45) is 0 Å². The fourth-order valence-electron chi connectivity index (χ4n) is 1.89. The molecule has 0 heterocycles. The molecule has 0 unspecified atom stereocenters. The van der Waals surface area contributed by atoms with Gasteiger partial charge in [0.15, 0.2) is 0 Å². The highest BCUT2D eigenvalue weighted by Crippen LogP contribution is 2.29. The normalized spacial score (nSPS) is 11.2. The van der Waals surface area contributed by atoms with Crippen LogP contribution in [0.15, 0.2) is 42.5 Å². The van der Waals surface area contributed by atoms with Crippen LogP contribution in [0.25, 0.3) is 16.8 Å². The summed E-state index contributed by atoms with van der Waals surface area (Å²) in [4.78, 5) is 0. The molecular weight excluding hydrogens is 276 g/mol. The van der Waals surface area contributed by atoms with Crippen molar-refractivity contribution in [3.05, 3.63) is 48.0 Å². The molecule has 0 saturated heterocycles. The van der Waals surface area contributed by atoms with Crippen molar-refractivity contribution in [3.63, 3.8) is 0 Å². The Morgan fingerprint density at radius 2 is 2.00 bits per heavy atom. The summed E-state index contributed by atoms with van der Waals surface area (Å²) >= 11 is 3.43. The van der Waals surface area contributed by atoms with Crippen LogP contribution in [0.4, 0.5) is 0 Å². The minimum absolute atomic E-state index is 0.925. The van der Waals surface area contributed by atoms with Gasteiger partial charge in [-0.25, -0.2) is 0 Å². The van der Waals surface area contributed by atoms with Gasteiger partial charge < -0.3 is 4.74 Å². The molecule has 0 N–H and O–H groups in total. The van der Waals surface area contributed by atoms with E-state index >= 15 is 0 Å². The maximum absolute atomic E-state index is 5.42. The van der Waals surface area contributed by atoms with Crippen molar-refractivity contribution < 1.29 is 4.74 Å². The topological polar surface area (TPSA) is 9.23 Å². The predicted molar refractivity (Wildman–Crippen MR) is 77.9 cm³/mol. The van der Waals surface area contributed by atoms with Crippen LogP contribution >= 0.6 is 15.9 Å². The lowest BCUT2D eigenvalue weighted by Gasteiger charge is -2.08. The molecule has 17 heavy (non-hydrogen) atoms. The lowest BCUT2D eigenvalue weighted by Crippen LogP contribution is -1.88. The first-order chi connectivity index (χ1) is 8.36. The summed E-state index contributed by atoms with van der Waals surface area (Å²) in [5, 5.41) is 3.46. The number of alkyl halides is 1. The molecular formula is C15H15BrO. The number of methoxy groups -OCH3 is 1. The number of fused-ring (bicyclic) bond motifs is 1. The SMILES string of the molecule is COc1ccc2ccccc2c1C=CCCBr. The van der Waals surface area contributed by atoms with Crippen LogP contribution in [-0.4, -0.2) is 12.4 Å². The van der Waals surface area contributed by atoms with Crippen LogP contribution < -0.4 is 4.74 Å². The Hall–Kier alpha value is -1.28. The van der Waals surface area contributed by atoms with Gasteiger partial charge in [0, 0.05) is 10.9 Å². The molecule has 0 amide bonds. The average molecular weight is 291 g/mol. The van der Waals surface area contributed by atoms with Gasteiger partial charge in [0.05, 0.1) is 7.11 Å². The summed E-state index contributed by atoms with van der Waals surface area (Å²) in [6.45, 7) is 0. The van der Waals surface area contributed by atoms with Gasteiger partial charge in [-0.15, -0.1) is 0 Å². The molecule has 2 aromatic rings. The van der Waals surface area contributed by atoms with Crippen molar-refractivity contribution in [1.29, 1.82) is 0 Å². The fourth-order valence-corrected chi connectivity index (χ4v) is 2.15. The van der Waals surface area contributed by atoms with E-state index in [4.69, 9.17) is 4.74 Å². The lowest BCUT2D eigenvalue weighted by atomic mass is 10.0. The van der Waals surface area contributed by atoms with E-state index in [1.54, 1.807) is 7.11 Å². The van der Waals surface area contributed by atoms with Crippen LogP contribution in [0.5, 0.6) is 5.75 Å². The lowest BCUT2D eigenvalue weighted by molar-refractivity contribution is 0.414. The Kier molecular flexibility index (Phi) is 4.21. The van der Waals surface area contributed by atoms with Crippen LogP contribution in [0.2, 0.25) is 0 Å². The summed E-state index contributed by atoms with van der Waals surface area (Å²) in [5.74, 6) is 0.925. The van der Waals surface area contributed by atoms with Gasteiger partial charge in [-0.05, 0) is 23.3 Å². The predicted octanol–water partition coefficient (Wildman–Crippen LogP) is 4.65.